The number of hydrogen-bond donors (Lipinski definition) is 4. The molecule has 1 aliphatic heterocycles. The third kappa shape index (κ3) is 12.2. The zero-order valence-corrected chi connectivity index (χ0v) is 23.0. The molecule has 216 valence electrons. The Hall–Kier alpha value is -3.67. The molecule has 0 spiro atoms. The van der Waals surface area contributed by atoms with Gasteiger partial charge < -0.3 is 30.7 Å². The maximum absolute atomic E-state index is 12.9. The normalized spacial score (nSPS) is 15.7. The van der Waals surface area contributed by atoms with Crippen LogP contribution in [0.5, 0.6) is 0 Å². The molecule has 5 amide bonds. The molecule has 0 aliphatic carbocycles. The molecule has 0 bridgehead atoms. The van der Waals surface area contributed by atoms with E-state index in [1.165, 1.54) is 4.90 Å². The number of hydrogen-bond acceptors (Lipinski definition) is 8. The zero-order valence-electron chi connectivity index (χ0n) is 23.0. The minimum atomic E-state index is -0.983. The van der Waals surface area contributed by atoms with E-state index in [9.17, 15) is 24.0 Å². The molecule has 1 fully saturated rings. The van der Waals surface area contributed by atoms with E-state index in [2.05, 4.69) is 16.0 Å². The fourth-order valence-corrected chi connectivity index (χ4v) is 3.95. The Morgan fingerprint density at radius 3 is 2.36 bits per heavy atom. The van der Waals surface area contributed by atoms with E-state index in [0.29, 0.717) is 45.3 Å². The van der Waals surface area contributed by atoms with Gasteiger partial charge in [0.2, 0.25) is 17.7 Å². The second-order valence-electron chi connectivity index (χ2n) is 10.4. The molecular formula is C27H41N5O7. The number of carbonyl (C=O) groups excluding carboxylic acids is 5. The van der Waals surface area contributed by atoms with Crippen LogP contribution in [0.4, 0.5) is 9.59 Å². The number of carbonyl (C=O) groups is 5. The van der Waals surface area contributed by atoms with Crippen molar-refractivity contribution in [3.63, 3.8) is 0 Å². The summed E-state index contributed by atoms with van der Waals surface area (Å²) in [7, 11) is 0. The summed E-state index contributed by atoms with van der Waals surface area (Å²) < 4.78 is 10.2. The zero-order chi connectivity index (χ0) is 28.8. The predicted molar refractivity (Wildman–Crippen MR) is 143 cm³/mol. The first-order valence-electron chi connectivity index (χ1n) is 13.3. The van der Waals surface area contributed by atoms with E-state index >= 15 is 0 Å². The van der Waals surface area contributed by atoms with Crippen LogP contribution in [0.2, 0.25) is 0 Å². The first kappa shape index (κ1) is 31.5. The molecule has 12 heteroatoms. The molecule has 1 heterocycles. The van der Waals surface area contributed by atoms with Gasteiger partial charge in [0, 0.05) is 26.1 Å². The van der Waals surface area contributed by atoms with Gasteiger partial charge in [-0.1, -0.05) is 30.3 Å². The van der Waals surface area contributed by atoms with Gasteiger partial charge in [-0.05, 0) is 58.4 Å². The number of unbranched alkanes of at least 4 members (excludes halogenated alkanes) is 1. The number of imide groups is 1. The van der Waals surface area contributed by atoms with Gasteiger partial charge in [-0.15, -0.1) is 0 Å². The van der Waals surface area contributed by atoms with Crippen molar-refractivity contribution in [2.24, 2.45) is 5.73 Å². The monoisotopic (exact) mass is 547 g/mol. The van der Waals surface area contributed by atoms with Crippen molar-refractivity contribution in [1.29, 1.82) is 0 Å². The highest BCUT2D eigenvalue weighted by molar-refractivity contribution is 5.93. The molecule has 2 rings (SSSR count). The van der Waals surface area contributed by atoms with Crippen molar-refractivity contribution in [3.05, 3.63) is 35.9 Å². The molecule has 1 saturated heterocycles. The van der Waals surface area contributed by atoms with Gasteiger partial charge in [0.25, 0.3) is 0 Å². The van der Waals surface area contributed by atoms with Crippen molar-refractivity contribution < 1.29 is 33.4 Å². The van der Waals surface area contributed by atoms with Gasteiger partial charge in [-0.2, -0.15) is 0 Å². The molecule has 0 aromatic heterocycles. The number of rotatable bonds is 12. The van der Waals surface area contributed by atoms with Gasteiger partial charge in [0.15, 0.2) is 0 Å². The van der Waals surface area contributed by atoms with Crippen LogP contribution in [-0.4, -0.2) is 72.1 Å². The molecule has 39 heavy (non-hydrogen) atoms. The lowest BCUT2D eigenvalue weighted by Crippen LogP contribution is -2.51. The van der Waals surface area contributed by atoms with Crippen LogP contribution >= 0.6 is 0 Å². The summed E-state index contributed by atoms with van der Waals surface area (Å²) in [6, 6.07) is 7.43. The van der Waals surface area contributed by atoms with Crippen LogP contribution in [-0.2, 0) is 30.5 Å². The number of ether oxygens (including phenoxy) is 2. The van der Waals surface area contributed by atoms with Crippen LogP contribution in [0.1, 0.15) is 64.9 Å². The van der Waals surface area contributed by atoms with Gasteiger partial charge in [-0.3, -0.25) is 19.7 Å². The summed E-state index contributed by atoms with van der Waals surface area (Å²) in [5.74, 6) is -1.27. The lowest BCUT2D eigenvalue weighted by atomic mass is 10.1. The molecule has 1 aromatic carbocycles. The number of nitrogens with zero attached hydrogens (tertiary/aromatic N) is 1. The predicted octanol–water partition coefficient (Wildman–Crippen LogP) is 1.96. The number of benzene rings is 1. The Morgan fingerprint density at radius 1 is 1.03 bits per heavy atom. The summed E-state index contributed by atoms with van der Waals surface area (Å²) in [5, 5.41) is 7.62. The van der Waals surface area contributed by atoms with Gasteiger partial charge in [0.1, 0.15) is 18.2 Å². The Labute approximate surface area is 229 Å². The van der Waals surface area contributed by atoms with Crippen molar-refractivity contribution >= 4 is 29.9 Å². The molecule has 12 nitrogen and oxygen atoms in total. The number of nitrogens with one attached hydrogen (secondary N) is 3. The second kappa shape index (κ2) is 15.7. The van der Waals surface area contributed by atoms with Gasteiger partial charge >= 0.3 is 12.2 Å². The maximum Gasteiger partial charge on any atom is 0.414 e. The third-order valence-corrected chi connectivity index (χ3v) is 5.86. The Morgan fingerprint density at radius 2 is 1.69 bits per heavy atom. The summed E-state index contributed by atoms with van der Waals surface area (Å²) >= 11 is 0. The van der Waals surface area contributed by atoms with Crippen LogP contribution in [0.3, 0.4) is 0 Å². The summed E-state index contributed by atoms with van der Waals surface area (Å²) in [6.07, 6.45) is 1.01. The number of alkyl carbamates (subject to hydrolysis) is 2. The van der Waals surface area contributed by atoms with E-state index in [-0.39, 0.29) is 25.4 Å². The molecule has 1 aliphatic rings. The quantitative estimate of drug-likeness (QED) is 0.288. The van der Waals surface area contributed by atoms with Crippen molar-refractivity contribution in [2.75, 3.05) is 19.6 Å². The van der Waals surface area contributed by atoms with E-state index in [4.69, 9.17) is 15.2 Å². The lowest BCUT2D eigenvalue weighted by Gasteiger charge is -2.26. The summed E-state index contributed by atoms with van der Waals surface area (Å²) in [4.78, 5) is 62.6. The molecule has 2 atom stereocenters. The van der Waals surface area contributed by atoms with Crippen molar-refractivity contribution in [2.45, 2.75) is 83.6 Å². The fraction of sp³-hybridized carbons (Fsp3) is 0.593. The lowest BCUT2D eigenvalue weighted by molar-refractivity contribution is -0.139. The molecule has 5 N–H and O–H groups in total. The van der Waals surface area contributed by atoms with E-state index in [1.807, 2.05) is 18.2 Å². The van der Waals surface area contributed by atoms with E-state index < -0.39 is 41.7 Å². The van der Waals surface area contributed by atoms with Crippen LogP contribution in [0.15, 0.2) is 30.3 Å². The van der Waals surface area contributed by atoms with Crippen molar-refractivity contribution in [1.82, 2.24) is 20.9 Å². The van der Waals surface area contributed by atoms with Crippen LogP contribution in [0, 0.1) is 0 Å². The fourth-order valence-electron chi connectivity index (χ4n) is 3.95. The number of nitrogens with two attached hydrogens (primary N) is 1. The standard InChI is InChI=1S/C27H41N5O7/c1-27(2,3)39-25(36)30-16-8-7-15-29-23(34)21-12-9-17-32(21)24(35)20(28)13-14-22(33)31-26(37)38-18-19-10-5-4-6-11-19/h4-6,10-11,20-21H,7-9,12-18,28H2,1-3H3,(H,29,34)(H,30,36)(H,31,33,37)/t20-,21+/m1/s1. The molecular weight excluding hydrogens is 506 g/mol. The minimum Gasteiger partial charge on any atom is -0.444 e. The van der Waals surface area contributed by atoms with Crippen LogP contribution < -0.4 is 21.7 Å². The molecule has 0 radical (unpaired) electrons. The number of amides is 5. The first-order valence-corrected chi connectivity index (χ1v) is 13.3. The average Bonchev–Trinajstić information content (AvgIpc) is 3.37. The molecule has 1 aromatic rings. The average molecular weight is 548 g/mol. The van der Waals surface area contributed by atoms with E-state index in [1.54, 1.807) is 32.9 Å². The summed E-state index contributed by atoms with van der Waals surface area (Å²) in [5.41, 5.74) is 6.25. The highest BCUT2D eigenvalue weighted by atomic mass is 16.6. The third-order valence-electron chi connectivity index (χ3n) is 5.86. The largest absolute Gasteiger partial charge is 0.444 e. The van der Waals surface area contributed by atoms with E-state index in [0.717, 1.165) is 5.56 Å². The summed E-state index contributed by atoms with van der Waals surface area (Å²) in [6.45, 7) is 6.62. The smallest absolute Gasteiger partial charge is 0.414 e. The Balaban J connectivity index is 1.65. The second-order valence-corrected chi connectivity index (χ2v) is 10.4. The molecule has 0 unspecified atom stereocenters. The Bertz CT molecular complexity index is 980. The Kier molecular flexibility index (Phi) is 12.7. The van der Waals surface area contributed by atoms with Crippen molar-refractivity contribution in [3.8, 4) is 0 Å². The maximum atomic E-state index is 12.9. The van der Waals surface area contributed by atoms with Crippen LogP contribution in [0.25, 0.3) is 0 Å². The highest BCUT2D eigenvalue weighted by Gasteiger charge is 2.36. The molecule has 0 saturated carbocycles. The SMILES string of the molecule is CC(C)(C)OC(=O)NCCCCNC(=O)[C@@H]1CCCN1C(=O)[C@H](N)CCC(=O)NC(=O)OCc1ccccc1. The minimum absolute atomic E-state index is 0.0200. The van der Waals surface area contributed by atoms with Gasteiger partial charge in [-0.25, -0.2) is 9.59 Å². The highest BCUT2D eigenvalue weighted by Crippen LogP contribution is 2.19. The topological polar surface area (TPSA) is 169 Å². The first-order chi connectivity index (χ1) is 18.5. The van der Waals surface area contributed by atoms with Gasteiger partial charge in [0.05, 0.1) is 6.04 Å². The number of likely N-dealkylation sites (tertiary alicyclic amines) is 1.